The van der Waals surface area contributed by atoms with E-state index in [1.807, 2.05) is 12.2 Å². The predicted molar refractivity (Wildman–Crippen MR) is 139 cm³/mol. The van der Waals surface area contributed by atoms with Crippen LogP contribution < -0.4 is 11.1 Å². The number of nitrogens with two attached hydrogens (primary N) is 1. The number of carbonyl (C=O) groups excluding carboxylic acids is 2. The zero-order valence-electron chi connectivity index (χ0n) is 19.0. The first-order valence-corrected chi connectivity index (χ1v) is 14.7. The van der Waals surface area contributed by atoms with Crippen LogP contribution in [0.4, 0.5) is 5.13 Å². The molecule has 1 fully saturated rings. The summed E-state index contributed by atoms with van der Waals surface area (Å²) >= 11 is 4.99. The Balaban J connectivity index is 1.31. The molecule has 1 aliphatic carbocycles. The molecule has 5 rings (SSSR count). The zero-order chi connectivity index (χ0) is 25.9. The monoisotopic (exact) mass is 580 g/mol. The Morgan fingerprint density at radius 3 is 2.95 bits per heavy atom. The van der Waals surface area contributed by atoms with Crippen LogP contribution in [0.15, 0.2) is 38.4 Å². The lowest BCUT2D eigenvalue weighted by Crippen LogP contribution is -2.71. The topological polar surface area (TPSA) is 186 Å². The molecule has 13 nitrogen and oxygen atoms in total. The average molecular weight is 581 g/mol. The molecule has 0 radical (unpaired) electrons. The van der Waals surface area contributed by atoms with Crippen LogP contribution in [0.5, 0.6) is 0 Å². The van der Waals surface area contributed by atoms with E-state index in [1.165, 1.54) is 39.8 Å². The number of nitrogens with zero attached hydrogens (tertiary/aromatic N) is 6. The van der Waals surface area contributed by atoms with Gasteiger partial charge in [-0.15, -0.1) is 22.0 Å². The second-order valence-electron chi connectivity index (χ2n) is 8.01. The number of allylic oxidation sites excluding steroid dienone is 1. The molecule has 2 aromatic rings. The molecule has 2 aliphatic heterocycles. The molecule has 0 aromatic carbocycles. The summed E-state index contributed by atoms with van der Waals surface area (Å²) < 4.78 is 4.77. The first kappa shape index (κ1) is 25.6. The van der Waals surface area contributed by atoms with Gasteiger partial charge in [-0.3, -0.25) is 14.5 Å². The fourth-order valence-electron chi connectivity index (χ4n) is 3.88. The molecule has 3 atom stereocenters. The highest BCUT2D eigenvalue weighted by molar-refractivity contribution is 8.01. The minimum Gasteiger partial charge on any atom is -0.477 e. The first-order chi connectivity index (χ1) is 17.9. The van der Waals surface area contributed by atoms with Crippen molar-refractivity contribution in [3.8, 4) is 0 Å². The highest BCUT2D eigenvalue weighted by Gasteiger charge is 2.54. The summed E-state index contributed by atoms with van der Waals surface area (Å²) in [5.74, 6) is -1.71. The number of hydrogen-bond donors (Lipinski definition) is 3. The fourth-order valence-corrected chi connectivity index (χ4v) is 7.29. The van der Waals surface area contributed by atoms with E-state index in [0.717, 1.165) is 30.8 Å². The van der Waals surface area contributed by atoms with E-state index >= 15 is 0 Å². The molecule has 0 bridgehead atoms. The van der Waals surface area contributed by atoms with Gasteiger partial charge in [0, 0.05) is 23.0 Å². The molecule has 0 spiro atoms. The van der Waals surface area contributed by atoms with Gasteiger partial charge in [0.1, 0.15) is 28.7 Å². The van der Waals surface area contributed by atoms with Gasteiger partial charge in [-0.2, -0.15) is 9.36 Å². The van der Waals surface area contributed by atoms with Gasteiger partial charge in [-0.1, -0.05) is 34.3 Å². The van der Waals surface area contributed by atoms with Gasteiger partial charge in [-0.05, 0) is 30.9 Å². The van der Waals surface area contributed by atoms with Crippen molar-refractivity contribution in [1.29, 1.82) is 0 Å². The highest BCUT2D eigenvalue weighted by atomic mass is 32.2. The summed E-state index contributed by atoms with van der Waals surface area (Å²) in [5.41, 5.74) is 7.62. The molecule has 4 N–H and O–H groups in total. The summed E-state index contributed by atoms with van der Waals surface area (Å²) in [6, 6.07) is -0.944. The lowest BCUT2D eigenvalue weighted by Gasteiger charge is -2.49. The smallest absolute Gasteiger partial charge is 0.352 e. The lowest BCUT2D eigenvalue weighted by molar-refractivity contribution is -0.150. The maximum absolute atomic E-state index is 13.2. The van der Waals surface area contributed by atoms with E-state index in [0.29, 0.717) is 21.4 Å². The number of oxime groups is 1. The van der Waals surface area contributed by atoms with Gasteiger partial charge in [0.25, 0.3) is 11.8 Å². The number of carboxylic acid groups (broad SMARTS) is 1. The second-order valence-corrected chi connectivity index (χ2v) is 12.0. The third kappa shape index (κ3) is 5.48. The Labute approximate surface area is 226 Å². The number of carbonyl (C=O) groups is 3. The minimum atomic E-state index is -1.20. The average Bonchev–Trinajstić information content (AvgIpc) is 3.58. The van der Waals surface area contributed by atoms with Crippen LogP contribution in [0.3, 0.4) is 0 Å². The van der Waals surface area contributed by atoms with Gasteiger partial charge in [0.05, 0.1) is 0 Å². The van der Waals surface area contributed by atoms with E-state index in [1.54, 1.807) is 5.51 Å². The number of amides is 2. The molecule has 37 heavy (non-hydrogen) atoms. The fraction of sp³-hybridized carbons (Fsp3) is 0.400. The Morgan fingerprint density at radius 2 is 2.27 bits per heavy atom. The molecule has 4 heterocycles. The van der Waals surface area contributed by atoms with E-state index in [9.17, 15) is 19.5 Å². The number of rotatable bonds is 9. The number of aromatic nitrogens is 4. The van der Waals surface area contributed by atoms with Crippen LogP contribution in [-0.2, 0) is 19.2 Å². The predicted octanol–water partition coefficient (Wildman–Crippen LogP) is 1.33. The minimum absolute atomic E-state index is 0.0122. The normalized spacial score (nSPS) is 23.5. The van der Waals surface area contributed by atoms with Crippen molar-refractivity contribution in [3.05, 3.63) is 34.8 Å². The van der Waals surface area contributed by atoms with Crippen molar-refractivity contribution in [1.82, 2.24) is 29.8 Å². The summed E-state index contributed by atoms with van der Waals surface area (Å²) in [5, 5.41) is 23.8. The quantitative estimate of drug-likeness (QED) is 0.127. The third-order valence-corrected chi connectivity index (χ3v) is 9.43. The van der Waals surface area contributed by atoms with Crippen molar-refractivity contribution < 1.29 is 24.3 Å². The van der Waals surface area contributed by atoms with Crippen molar-refractivity contribution in [2.24, 2.45) is 5.16 Å². The first-order valence-electron chi connectivity index (χ1n) is 11.0. The Bertz CT molecular complexity index is 1290. The van der Waals surface area contributed by atoms with E-state index in [2.05, 4.69) is 30.0 Å². The van der Waals surface area contributed by atoms with Crippen LogP contribution >= 0.6 is 46.4 Å². The summed E-state index contributed by atoms with van der Waals surface area (Å²) in [6.45, 7) is 0. The molecule has 2 unspecified atom stereocenters. The number of fused-ring (bicyclic) bond motifs is 1. The molecule has 3 aliphatic rings. The zero-order valence-corrected chi connectivity index (χ0v) is 22.2. The van der Waals surface area contributed by atoms with Crippen LogP contribution in [0.2, 0.25) is 0 Å². The highest BCUT2D eigenvalue weighted by Crippen LogP contribution is 2.41. The van der Waals surface area contributed by atoms with Crippen molar-refractivity contribution >= 4 is 75.0 Å². The van der Waals surface area contributed by atoms with E-state index < -0.39 is 29.2 Å². The summed E-state index contributed by atoms with van der Waals surface area (Å²) in [6.07, 6.45) is 6.21. The van der Waals surface area contributed by atoms with Crippen molar-refractivity contribution in [3.63, 3.8) is 0 Å². The van der Waals surface area contributed by atoms with Crippen LogP contribution in [0.25, 0.3) is 0 Å². The number of thioether (sulfide) groups is 2. The maximum atomic E-state index is 13.2. The van der Waals surface area contributed by atoms with Crippen LogP contribution in [0, 0.1) is 0 Å². The van der Waals surface area contributed by atoms with Gasteiger partial charge < -0.3 is 21.0 Å². The van der Waals surface area contributed by atoms with E-state index in [-0.39, 0.29) is 28.5 Å². The number of nitrogen functional groups attached to an aromatic ring is 1. The second kappa shape index (κ2) is 11.2. The summed E-state index contributed by atoms with van der Waals surface area (Å²) in [7, 11) is 0. The Hall–Kier alpha value is -3.02. The van der Waals surface area contributed by atoms with Gasteiger partial charge >= 0.3 is 5.97 Å². The molecule has 2 aromatic heterocycles. The summed E-state index contributed by atoms with van der Waals surface area (Å²) in [4.78, 5) is 49.1. The van der Waals surface area contributed by atoms with Gasteiger partial charge in [-0.25, -0.2) is 4.79 Å². The maximum Gasteiger partial charge on any atom is 0.352 e. The van der Waals surface area contributed by atoms with Crippen molar-refractivity contribution in [2.75, 3.05) is 17.2 Å². The number of anilines is 1. The molecular weight excluding hydrogens is 561 g/mol. The van der Waals surface area contributed by atoms with Gasteiger partial charge in [0.2, 0.25) is 11.5 Å². The lowest BCUT2D eigenvalue weighted by atomic mass is 10.0. The SMILES string of the molecule is Nc1nc(C(=NOC2C=CCCC2)C(=O)NC2C(=O)N3C(C(=O)O)=C(CSc4nncs4)CS[C@@H]23)ns1. The van der Waals surface area contributed by atoms with Gasteiger partial charge in [0.15, 0.2) is 9.47 Å². The van der Waals surface area contributed by atoms with E-state index in [4.69, 9.17) is 10.6 Å². The standard InChI is InChI=1S/C20H20N8O5S4/c21-19-24-14(27-37-19)11(26-33-10-4-2-1-3-5-10)15(29)23-12-16(30)28-13(18(31)32)9(6-34-17(12)28)7-35-20-25-22-8-36-20/h2,4,8,10,12,17H,1,3,5-7H2,(H,23,29)(H,31,32)(H2,21,24,27)/t10?,12?,17-/m0/s1. The number of β-lactam (4-membered cyclic amide) rings is 1. The number of hydrogen-bond acceptors (Lipinski definition) is 14. The molecular formula is C20H20N8O5S4. The molecule has 0 saturated carbocycles. The largest absolute Gasteiger partial charge is 0.477 e. The Kier molecular flexibility index (Phi) is 7.73. The number of nitrogens with one attached hydrogen (secondary N) is 1. The Morgan fingerprint density at radius 1 is 1.41 bits per heavy atom. The third-order valence-electron chi connectivity index (χ3n) is 5.60. The molecule has 1 saturated heterocycles. The number of carboxylic acids is 1. The van der Waals surface area contributed by atoms with Crippen LogP contribution in [-0.4, -0.2) is 82.1 Å². The van der Waals surface area contributed by atoms with Crippen molar-refractivity contribution in [2.45, 2.75) is 41.1 Å². The molecule has 194 valence electrons. The van der Waals surface area contributed by atoms with Crippen LogP contribution in [0.1, 0.15) is 25.1 Å². The molecule has 17 heteroatoms. The number of aliphatic carboxylic acids is 1. The molecule has 2 amide bonds.